The van der Waals surface area contributed by atoms with Crippen molar-refractivity contribution in [1.82, 2.24) is 0 Å². The summed E-state index contributed by atoms with van der Waals surface area (Å²) >= 11 is 0. The van der Waals surface area contributed by atoms with Crippen LogP contribution in [0.15, 0.2) is 24.3 Å². The van der Waals surface area contributed by atoms with Gasteiger partial charge in [-0.3, -0.25) is 0 Å². The zero-order valence-electron chi connectivity index (χ0n) is 11.8. The Morgan fingerprint density at radius 3 is 2.17 bits per heavy atom. The first-order valence-electron chi connectivity index (χ1n) is 6.92. The van der Waals surface area contributed by atoms with Crippen LogP contribution in [0.5, 0.6) is 0 Å². The van der Waals surface area contributed by atoms with Crippen molar-refractivity contribution < 1.29 is 4.74 Å². The summed E-state index contributed by atoms with van der Waals surface area (Å²) in [4.78, 5) is 0. The van der Waals surface area contributed by atoms with Crippen LogP contribution in [0, 0.1) is 5.92 Å². The van der Waals surface area contributed by atoms with Gasteiger partial charge in [0.05, 0.1) is 0 Å². The van der Waals surface area contributed by atoms with Crippen LogP contribution in [0.2, 0.25) is 0 Å². The van der Waals surface area contributed by atoms with E-state index in [1.165, 1.54) is 11.1 Å². The standard InChI is InChI=1S/C16H25NO/c1-16(2,3)14-6-4-12(5-7-14)15(17)13-8-10-18-11-9-13/h4-7,13,15H,8-11,17H2,1-3H3/t15-/m0/s1. The lowest BCUT2D eigenvalue weighted by atomic mass is 9.84. The van der Waals surface area contributed by atoms with Crippen molar-refractivity contribution in [1.29, 1.82) is 0 Å². The van der Waals surface area contributed by atoms with E-state index in [-0.39, 0.29) is 11.5 Å². The molecule has 2 N–H and O–H groups in total. The van der Waals surface area contributed by atoms with Crippen LogP contribution in [0.25, 0.3) is 0 Å². The van der Waals surface area contributed by atoms with Gasteiger partial charge in [-0.2, -0.15) is 0 Å². The molecule has 0 aromatic heterocycles. The van der Waals surface area contributed by atoms with Gasteiger partial charge >= 0.3 is 0 Å². The minimum Gasteiger partial charge on any atom is -0.381 e. The van der Waals surface area contributed by atoms with E-state index in [0.29, 0.717) is 5.92 Å². The van der Waals surface area contributed by atoms with Crippen LogP contribution >= 0.6 is 0 Å². The van der Waals surface area contributed by atoms with Crippen LogP contribution in [-0.2, 0) is 10.2 Å². The highest BCUT2D eigenvalue weighted by Gasteiger charge is 2.22. The lowest BCUT2D eigenvalue weighted by Crippen LogP contribution is -2.27. The molecule has 0 aliphatic carbocycles. The lowest BCUT2D eigenvalue weighted by Gasteiger charge is -2.28. The monoisotopic (exact) mass is 247 g/mol. The van der Waals surface area contributed by atoms with E-state index in [1.54, 1.807) is 0 Å². The Bertz CT molecular complexity index is 371. The van der Waals surface area contributed by atoms with Crippen molar-refractivity contribution in [3.05, 3.63) is 35.4 Å². The fourth-order valence-electron chi connectivity index (χ4n) is 2.55. The molecule has 2 rings (SSSR count). The second-order valence-corrected chi connectivity index (χ2v) is 6.35. The highest BCUT2D eigenvalue weighted by molar-refractivity contribution is 5.29. The molecular formula is C16H25NO. The first-order valence-corrected chi connectivity index (χ1v) is 6.92. The average Bonchev–Trinajstić information content (AvgIpc) is 2.38. The summed E-state index contributed by atoms with van der Waals surface area (Å²) < 4.78 is 5.39. The molecule has 0 unspecified atom stereocenters. The number of hydrogen-bond donors (Lipinski definition) is 1. The second kappa shape index (κ2) is 5.41. The minimum absolute atomic E-state index is 0.155. The Labute approximate surface area is 111 Å². The van der Waals surface area contributed by atoms with Crippen molar-refractivity contribution in [2.75, 3.05) is 13.2 Å². The van der Waals surface area contributed by atoms with E-state index in [2.05, 4.69) is 45.0 Å². The van der Waals surface area contributed by atoms with Crippen molar-refractivity contribution in [2.45, 2.75) is 45.1 Å². The maximum Gasteiger partial charge on any atom is 0.0469 e. The molecule has 1 aromatic carbocycles. The smallest absolute Gasteiger partial charge is 0.0469 e. The minimum atomic E-state index is 0.155. The molecule has 0 spiro atoms. The SMILES string of the molecule is CC(C)(C)c1ccc([C@H](N)C2CCOCC2)cc1. The molecule has 0 saturated carbocycles. The van der Waals surface area contributed by atoms with Crippen LogP contribution in [0.3, 0.4) is 0 Å². The lowest BCUT2D eigenvalue weighted by molar-refractivity contribution is 0.0584. The van der Waals surface area contributed by atoms with Crippen LogP contribution < -0.4 is 5.73 Å². The summed E-state index contributed by atoms with van der Waals surface area (Å²) in [6.45, 7) is 8.43. The second-order valence-electron chi connectivity index (χ2n) is 6.35. The fourth-order valence-corrected chi connectivity index (χ4v) is 2.55. The van der Waals surface area contributed by atoms with Gasteiger partial charge < -0.3 is 10.5 Å². The van der Waals surface area contributed by atoms with Gasteiger partial charge in [-0.1, -0.05) is 45.0 Å². The van der Waals surface area contributed by atoms with Crippen molar-refractivity contribution in [3.63, 3.8) is 0 Å². The van der Waals surface area contributed by atoms with E-state index in [9.17, 15) is 0 Å². The van der Waals surface area contributed by atoms with Crippen molar-refractivity contribution in [2.24, 2.45) is 11.7 Å². The van der Waals surface area contributed by atoms with E-state index in [0.717, 1.165) is 26.1 Å². The molecule has 1 aliphatic heterocycles. The molecular weight excluding hydrogens is 222 g/mol. The molecule has 100 valence electrons. The molecule has 2 nitrogen and oxygen atoms in total. The van der Waals surface area contributed by atoms with Gasteiger partial charge in [-0.05, 0) is 35.3 Å². The molecule has 1 aromatic rings. The van der Waals surface area contributed by atoms with Crippen molar-refractivity contribution >= 4 is 0 Å². The quantitative estimate of drug-likeness (QED) is 0.869. The largest absolute Gasteiger partial charge is 0.381 e. The highest BCUT2D eigenvalue weighted by Crippen LogP contribution is 2.29. The molecule has 0 amide bonds. The predicted molar refractivity (Wildman–Crippen MR) is 75.6 cm³/mol. The maximum absolute atomic E-state index is 6.37. The normalized spacial score (nSPS) is 19.8. The highest BCUT2D eigenvalue weighted by atomic mass is 16.5. The number of benzene rings is 1. The average molecular weight is 247 g/mol. The summed E-state index contributed by atoms with van der Waals surface area (Å²) in [6, 6.07) is 8.98. The Morgan fingerprint density at radius 2 is 1.67 bits per heavy atom. The number of nitrogens with two attached hydrogens (primary N) is 1. The maximum atomic E-state index is 6.37. The molecule has 1 fully saturated rings. The zero-order chi connectivity index (χ0) is 13.2. The summed E-state index contributed by atoms with van der Waals surface area (Å²) in [5, 5.41) is 0. The third-order valence-corrected chi connectivity index (χ3v) is 3.94. The third-order valence-electron chi connectivity index (χ3n) is 3.94. The molecule has 1 aliphatic rings. The van der Waals surface area contributed by atoms with Gasteiger partial charge in [0.1, 0.15) is 0 Å². The molecule has 0 bridgehead atoms. The summed E-state index contributed by atoms with van der Waals surface area (Å²) in [6.07, 6.45) is 2.17. The Balaban J connectivity index is 2.09. The number of ether oxygens (including phenoxy) is 1. The predicted octanol–water partition coefficient (Wildman–Crippen LogP) is 3.41. The van der Waals surface area contributed by atoms with Gasteiger partial charge in [-0.15, -0.1) is 0 Å². The molecule has 0 radical (unpaired) electrons. The molecule has 18 heavy (non-hydrogen) atoms. The van der Waals surface area contributed by atoms with E-state index < -0.39 is 0 Å². The molecule has 1 atom stereocenters. The van der Waals surface area contributed by atoms with E-state index in [1.807, 2.05) is 0 Å². The summed E-state index contributed by atoms with van der Waals surface area (Å²) in [5.74, 6) is 0.569. The topological polar surface area (TPSA) is 35.2 Å². The molecule has 1 heterocycles. The van der Waals surface area contributed by atoms with Gasteiger partial charge in [0, 0.05) is 19.3 Å². The van der Waals surface area contributed by atoms with Gasteiger partial charge in [-0.25, -0.2) is 0 Å². The first-order chi connectivity index (χ1) is 8.48. The van der Waals surface area contributed by atoms with Gasteiger partial charge in [0.15, 0.2) is 0 Å². The first kappa shape index (κ1) is 13.6. The molecule has 1 saturated heterocycles. The third kappa shape index (κ3) is 3.12. The number of rotatable bonds is 2. The number of hydrogen-bond acceptors (Lipinski definition) is 2. The Morgan fingerprint density at radius 1 is 1.11 bits per heavy atom. The van der Waals surface area contributed by atoms with E-state index in [4.69, 9.17) is 10.5 Å². The Hall–Kier alpha value is -0.860. The molecule has 2 heteroatoms. The van der Waals surface area contributed by atoms with Crippen LogP contribution in [0.4, 0.5) is 0 Å². The fraction of sp³-hybridized carbons (Fsp3) is 0.625. The van der Waals surface area contributed by atoms with E-state index >= 15 is 0 Å². The zero-order valence-corrected chi connectivity index (χ0v) is 11.8. The Kier molecular flexibility index (Phi) is 4.08. The summed E-state index contributed by atoms with van der Waals surface area (Å²) in [5.41, 5.74) is 9.21. The summed E-state index contributed by atoms with van der Waals surface area (Å²) in [7, 11) is 0. The van der Waals surface area contributed by atoms with Crippen LogP contribution in [0.1, 0.15) is 50.8 Å². The van der Waals surface area contributed by atoms with Gasteiger partial charge in [0.2, 0.25) is 0 Å². The van der Waals surface area contributed by atoms with Crippen LogP contribution in [-0.4, -0.2) is 13.2 Å². The van der Waals surface area contributed by atoms with Crippen molar-refractivity contribution in [3.8, 4) is 0 Å². The van der Waals surface area contributed by atoms with Gasteiger partial charge in [0.25, 0.3) is 0 Å².